The lowest BCUT2D eigenvalue weighted by Crippen LogP contribution is -2.28. The number of aromatic hydroxyl groups is 1. The number of benzene rings is 3. The Morgan fingerprint density at radius 1 is 0.736 bits per heavy atom. The number of esters is 3. The molecule has 1 aliphatic carbocycles. The van der Waals surface area contributed by atoms with Gasteiger partial charge in [0.2, 0.25) is 0 Å². The summed E-state index contributed by atoms with van der Waals surface area (Å²) in [7, 11) is 1.31. The number of ether oxygens (including phenoxy) is 4. The molecule has 0 radical (unpaired) electrons. The first kappa shape index (κ1) is 40.2. The van der Waals surface area contributed by atoms with Gasteiger partial charge >= 0.3 is 23.9 Å². The van der Waals surface area contributed by atoms with E-state index in [4.69, 9.17) is 18.9 Å². The first-order chi connectivity index (χ1) is 24.7. The Morgan fingerprint density at radius 2 is 1.25 bits per heavy atom. The van der Waals surface area contributed by atoms with Crippen molar-refractivity contribution < 1.29 is 57.5 Å². The summed E-state index contributed by atoms with van der Waals surface area (Å²) >= 11 is 3.21. The number of carboxylic acid groups (broad SMARTS) is 1. The van der Waals surface area contributed by atoms with Crippen molar-refractivity contribution in [2.24, 2.45) is 5.92 Å². The summed E-state index contributed by atoms with van der Waals surface area (Å²) in [6, 6.07) is 0. The Bertz CT molecular complexity index is 2190. The summed E-state index contributed by atoms with van der Waals surface area (Å²) in [6.07, 6.45) is 3.65. The topological polar surface area (TPSA) is 163 Å². The highest BCUT2D eigenvalue weighted by molar-refractivity contribution is 9.10. The molecule has 0 aromatic heterocycles. The number of phenols is 1. The molecule has 11 nitrogen and oxygen atoms in total. The third-order valence-corrected chi connectivity index (χ3v) is 10.4. The van der Waals surface area contributed by atoms with E-state index in [2.05, 4.69) is 22.5 Å². The van der Waals surface area contributed by atoms with Crippen LogP contribution in [0.5, 0.6) is 23.0 Å². The van der Waals surface area contributed by atoms with E-state index in [-0.39, 0.29) is 72.0 Å². The SMILES string of the molecule is C=Cc1c(C)c(C(=O)Oc2c(C)c(C)c(C(=O)O)c(C)c2C)c(C)c(F)c1OC(=O)c1c(C)c(C)c(OC(=O)C2C(C)=CC(=O)C=C2OC)c(Br)c1O. The van der Waals surface area contributed by atoms with E-state index < -0.39 is 47.1 Å². The predicted molar refractivity (Wildman–Crippen MR) is 196 cm³/mol. The van der Waals surface area contributed by atoms with Gasteiger partial charge in [-0.3, -0.25) is 9.59 Å². The monoisotopic (exact) mass is 792 g/mol. The number of ketones is 1. The summed E-state index contributed by atoms with van der Waals surface area (Å²) < 4.78 is 38.3. The lowest BCUT2D eigenvalue weighted by molar-refractivity contribution is -0.137. The van der Waals surface area contributed by atoms with Gasteiger partial charge in [0.15, 0.2) is 23.1 Å². The van der Waals surface area contributed by atoms with Crippen LogP contribution in [0.3, 0.4) is 0 Å². The molecule has 1 atom stereocenters. The zero-order chi connectivity index (χ0) is 40.0. The minimum absolute atomic E-state index is 0.0368. The largest absolute Gasteiger partial charge is 0.506 e. The smallest absolute Gasteiger partial charge is 0.347 e. The van der Waals surface area contributed by atoms with Crippen molar-refractivity contribution >= 4 is 51.7 Å². The molecular weight excluding hydrogens is 755 g/mol. The molecule has 0 heterocycles. The Hall–Kier alpha value is -5.56. The average Bonchev–Trinajstić information content (AvgIpc) is 3.08. The number of rotatable bonds is 9. The summed E-state index contributed by atoms with van der Waals surface area (Å²) in [5, 5.41) is 20.9. The van der Waals surface area contributed by atoms with E-state index in [1.807, 2.05) is 0 Å². The summed E-state index contributed by atoms with van der Waals surface area (Å²) in [4.78, 5) is 64.5. The number of aromatic carboxylic acids is 1. The van der Waals surface area contributed by atoms with Crippen molar-refractivity contribution in [2.45, 2.75) is 62.3 Å². The van der Waals surface area contributed by atoms with Crippen molar-refractivity contribution in [3.8, 4) is 23.0 Å². The number of carboxylic acids is 1. The summed E-state index contributed by atoms with van der Waals surface area (Å²) in [5.74, 6) is -7.59. The maximum atomic E-state index is 16.2. The minimum Gasteiger partial charge on any atom is -0.506 e. The molecule has 3 aromatic carbocycles. The number of carbonyl (C=O) groups excluding carboxylic acids is 4. The first-order valence-electron chi connectivity index (χ1n) is 16.2. The first-order valence-corrected chi connectivity index (χ1v) is 16.9. The van der Waals surface area contributed by atoms with Gasteiger partial charge in [0.1, 0.15) is 33.2 Å². The maximum Gasteiger partial charge on any atom is 0.347 e. The molecule has 0 saturated carbocycles. The molecular formula is C40H38BrFO11. The highest BCUT2D eigenvalue weighted by atomic mass is 79.9. The van der Waals surface area contributed by atoms with E-state index >= 15 is 4.39 Å². The van der Waals surface area contributed by atoms with Gasteiger partial charge in [0, 0.05) is 17.2 Å². The summed E-state index contributed by atoms with van der Waals surface area (Å²) in [5.41, 5.74) is 1.98. The van der Waals surface area contributed by atoms with Crippen LogP contribution in [0.2, 0.25) is 0 Å². The van der Waals surface area contributed by atoms with Crippen molar-refractivity contribution in [3.63, 3.8) is 0 Å². The van der Waals surface area contributed by atoms with Crippen molar-refractivity contribution in [1.82, 2.24) is 0 Å². The molecule has 3 aromatic rings. The normalized spacial score (nSPS) is 13.9. The van der Waals surface area contributed by atoms with Crippen LogP contribution in [0.25, 0.3) is 6.08 Å². The van der Waals surface area contributed by atoms with E-state index in [0.717, 1.165) is 0 Å². The van der Waals surface area contributed by atoms with Crippen LogP contribution in [-0.2, 0) is 14.3 Å². The number of allylic oxidation sites excluding steroid dienone is 2. The van der Waals surface area contributed by atoms with Crippen LogP contribution in [0.1, 0.15) is 88.1 Å². The zero-order valence-corrected chi connectivity index (χ0v) is 32.4. The number of halogens is 2. The standard InChI is InChI=1S/C40H38BrFO11/c1-12-25-22(9)29(39(48)51-34-19(6)16(3)28(37(45)46)17(4)20(34)7)23(10)32(42)36(25)53-40(49)30-18(5)21(8)35(31(41)33(30)44)52-38(47)27-15(2)13-24(43)14-26(27)50-11/h12-14,27,44H,1H2,2-11H3,(H,45,46). The van der Waals surface area contributed by atoms with Gasteiger partial charge in [-0.2, -0.15) is 0 Å². The predicted octanol–water partition coefficient (Wildman–Crippen LogP) is 8.12. The number of hydrogen-bond acceptors (Lipinski definition) is 10. The van der Waals surface area contributed by atoms with Crippen molar-refractivity contribution in [1.29, 1.82) is 0 Å². The number of carbonyl (C=O) groups is 5. The summed E-state index contributed by atoms with van der Waals surface area (Å²) in [6.45, 7) is 17.5. The molecule has 0 spiro atoms. The number of methoxy groups -OCH3 is 1. The molecule has 0 saturated heterocycles. The molecule has 278 valence electrons. The fraction of sp³-hybridized carbons (Fsp3) is 0.275. The average molecular weight is 794 g/mol. The molecule has 0 bridgehead atoms. The van der Waals surface area contributed by atoms with E-state index in [9.17, 15) is 34.2 Å². The lowest BCUT2D eigenvalue weighted by atomic mass is 9.92. The zero-order valence-electron chi connectivity index (χ0n) is 30.8. The quantitative estimate of drug-likeness (QED) is 0.159. The Kier molecular flexibility index (Phi) is 11.5. The highest BCUT2D eigenvalue weighted by Crippen LogP contribution is 2.44. The molecule has 2 N–H and O–H groups in total. The van der Waals surface area contributed by atoms with Gasteiger partial charge in [0.05, 0.1) is 18.2 Å². The van der Waals surface area contributed by atoms with E-state index in [1.54, 1.807) is 34.6 Å². The minimum atomic E-state index is -1.16. The Balaban J connectivity index is 1.72. The van der Waals surface area contributed by atoms with E-state index in [0.29, 0.717) is 27.8 Å². The lowest BCUT2D eigenvalue weighted by Gasteiger charge is -2.23. The van der Waals surface area contributed by atoms with Crippen LogP contribution in [-0.4, -0.2) is 47.0 Å². The second-order valence-corrected chi connectivity index (χ2v) is 13.5. The van der Waals surface area contributed by atoms with Gasteiger partial charge in [0.25, 0.3) is 0 Å². The molecule has 1 unspecified atom stereocenters. The fourth-order valence-electron chi connectivity index (χ4n) is 6.40. The van der Waals surface area contributed by atoms with Crippen molar-refractivity contribution in [2.75, 3.05) is 7.11 Å². The van der Waals surface area contributed by atoms with Crippen LogP contribution in [0.15, 0.2) is 34.5 Å². The Morgan fingerprint density at radius 3 is 1.77 bits per heavy atom. The van der Waals surface area contributed by atoms with Crippen LogP contribution in [0.4, 0.5) is 4.39 Å². The molecule has 0 fully saturated rings. The second-order valence-electron chi connectivity index (χ2n) is 12.7. The van der Waals surface area contributed by atoms with Gasteiger partial charge in [-0.15, -0.1) is 0 Å². The maximum absolute atomic E-state index is 16.2. The van der Waals surface area contributed by atoms with Gasteiger partial charge in [-0.05, 0) is 129 Å². The highest BCUT2D eigenvalue weighted by Gasteiger charge is 2.35. The van der Waals surface area contributed by atoms with Gasteiger partial charge in [-0.25, -0.2) is 18.8 Å². The van der Waals surface area contributed by atoms with Crippen molar-refractivity contribution in [3.05, 3.63) is 107 Å². The Labute approximate surface area is 313 Å². The fourth-order valence-corrected chi connectivity index (χ4v) is 6.98. The van der Waals surface area contributed by atoms with Gasteiger partial charge < -0.3 is 29.2 Å². The van der Waals surface area contributed by atoms with E-state index in [1.165, 1.54) is 53.0 Å². The molecule has 1 aliphatic rings. The van der Waals surface area contributed by atoms with Crippen LogP contribution in [0, 0.1) is 67.1 Å². The van der Waals surface area contributed by atoms with Crippen LogP contribution < -0.4 is 14.2 Å². The second kappa shape index (κ2) is 15.2. The number of phenolic OH excluding ortho intramolecular Hbond substituents is 1. The molecule has 0 amide bonds. The molecule has 13 heteroatoms. The molecule has 0 aliphatic heterocycles. The third-order valence-electron chi connectivity index (χ3n) is 9.69. The number of hydrogen-bond donors (Lipinski definition) is 2. The van der Waals surface area contributed by atoms with Crippen LogP contribution >= 0.6 is 15.9 Å². The molecule has 53 heavy (non-hydrogen) atoms. The molecule has 4 rings (SSSR count). The van der Waals surface area contributed by atoms with Gasteiger partial charge in [-0.1, -0.05) is 12.7 Å². The third kappa shape index (κ3) is 7.00.